The first kappa shape index (κ1) is 12.1. The summed E-state index contributed by atoms with van der Waals surface area (Å²) in [6.45, 7) is 1.50. The van der Waals surface area contributed by atoms with Crippen LogP contribution in [0.25, 0.3) is 0 Å². The maximum Gasteiger partial charge on any atom is 0.184 e. The second-order valence-electron chi connectivity index (χ2n) is 4.11. The van der Waals surface area contributed by atoms with Crippen LogP contribution in [0, 0.1) is 0 Å². The maximum atomic E-state index is 12.3. The van der Waals surface area contributed by atoms with Gasteiger partial charge < -0.3 is 0 Å². The average Bonchev–Trinajstić information content (AvgIpc) is 2.35. The predicted octanol–water partition coefficient (Wildman–Crippen LogP) is 1.52. The van der Waals surface area contributed by atoms with Crippen molar-refractivity contribution < 1.29 is 18.0 Å². The number of carbonyl (C=O) groups excluding carboxylic acids is 2. The van der Waals surface area contributed by atoms with Crippen LogP contribution in [0.3, 0.4) is 0 Å². The molecule has 0 aromatic heterocycles. The summed E-state index contributed by atoms with van der Waals surface area (Å²) in [4.78, 5) is 24.2. The van der Waals surface area contributed by atoms with E-state index in [0.29, 0.717) is 11.1 Å². The first-order valence-electron chi connectivity index (χ1n) is 5.14. The SMILES string of the molecule is COS(=O)C1(C)CC(=O)c2ccccc2C1=O. The molecule has 1 aromatic rings. The zero-order chi connectivity index (χ0) is 12.6. The molecule has 2 rings (SSSR count). The Kier molecular flexibility index (Phi) is 2.97. The first-order chi connectivity index (χ1) is 8.00. The Bertz CT molecular complexity index is 523. The van der Waals surface area contributed by atoms with Gasteiger partial charge in [0.2, 0.25) is 0 Å². The zero-order valence-corrected chi connectivity index (χ0v) is 10.4. The molecule has 0 bridgehead atoms. The predicted molar refractivity (Wildman–Crippen MR) is 63.3 cm³/mol. The van der Waals surface area contributed by atoms with E-state index in [-0.39, 0.29) is 18.0 Å². The third-order valence-electron chi connectivity index (χ3n) is 2.97. The molecule has 0 radical (unpaired) electrons. The van der Waals surface area contributed by atoms with E-state index in [1.165, 1.54) is 14.0 Å². The topological polar surface area (TPSA) is 60.4 Å². The summed E-state index contributed by atoms with van der Waals surface area (Å²) >= 11 is -1.81. The average molecular weight is 252 g/mol. The molecule has 0 heterocycles. The number of rotatable bonds is 2. The van der Waals surface area contributed by atoms with Crippen LogP contribution in [0.15, 0.2) is 24.3 Å². The Morgan fingerprint density at radius 3 is 2.41 bits per heavy atom. The molecule has 1 aliphatic rings. The van der Waals surface area contributed by atoms with Crippen molar-refractivity contribution in [3.8, 4) is 0 Å². The van der Waals surface area contributed by atoms with Gasteiger partial charge in [0.05, 0.1) is 7.11 Å². The third-order valence-corrected chi connectivity index (χ3v) is 4.34. The summed E-state index contributed by atoms with van der Waals surface area (Å²) in [5, 5.41) is 0. The molecular weight excluding hydrogens is 240 g/mol. The van der Waals surface area contributed by atoms with Gasteiger partial charge in [-0.15, -0.1) is 0 Å². The highest BCUT2D eigenvalue weighted by atomic mass is 32.2. The normalized spacial score (nSPS) is 25.5. The van der Waals surface area contributed by atoms with Crippen molar-refractivity contribution in [3.63, 3.8) is 0 Å². The molecule has 0 spiro atoms. The van der Waals surface area contributed by atoms with Crippen LogP contribution in [0.4, 0.5) is 0 Å². The van der Waals surface area contributed by atoms with Crippen LogP contribution in [0.5, 0.6) is 0 Å². The highest BCUT2D eigenvalue weighted by Gasteiger charge is 2.47. The van der Waals surface area contributed by atoms with Gasteiger partial charge in [0.15, 0.2) is 22.6 Å². The van der Waals surface area contributed by atoms with E-state index in [0.717, 1.165) is 0 Å². The molecule has 1 aliphatic carbocycles. The fourth-order valence-electron chi connectivity index (χ4n) is 2.01. The van der Waals surface area contributed by atoms with Gasteiger partial charge in [-0.1, -0.05) is 24.3 Å². The number of Topliss-reactive ketones (excluding diaryl/α,β-unsaturated/α-hetero) is 2. The van der Waals surface area contributed by atoms with E-state index in [9.17, 15) is 13.8 Å². The summed E-state index contributed by atoms with van der Waals surface area (Å²) in [6.07, 6.45) is -0.0801. The number of hydrogen-bond acceptors (Lipinski definition) is 4. The molecule has 5 heteroatoms. The molecule has 0 N–H and O–H groups in total. The van der Waals surface area contributed by atoms with Crippen molar-refractivity contribution in [2.24, 2.45) is 0 Å². The summed E-state index contributed by atoms with van der Waals surface area (Å²) in [7, 11) is 1.26. The van der Waals surface area contributed by atoms with Crippen LogP contribution in [0.1, 0.15) is 34.1 Å². The Balaban J connectivity index is 2.57. The lowest BCUT2D eigenvalue weighted by atomic mass is 9.82. The van der Waals surface area contributed by atoms with Crippen molar-refractivity contribution in [1.29, 1.82) is 0 Å². The lowest BCUT2D eigenvalue weighted by molar-refractivity contribution is 0.0849. The third kappa shape index (κ3) is 1.75. The highest BCUT2D eigenvalue weighted by Crippen LogP contribution is 2.33. The van der Waals surface area contributed by atoms with E-state index in [4.69, 9.17) is 4.18 Å². The molecule has 1 aromatic carbocycles. The van der Waals surface area contributed by atoms with Crippen LogP contribution in [-0.2, 0) is 15.3 Å². The smallest absolute Gasteiger partial charge is 0.184 e. The fourth-order valence-corrected chi connectivity index (χ4v) is 2.89. The second kappa shape index (κ2) is 4.16. The van der Waals surface area contributed by atoms with Gasteiger partial charge in [0, 0.05) is 17.5 Å². The molecule has 0 amide bonds. The maximum absolute atomic E-state index is 12.3. The van der Waals surface area contributed by atoms with Crippen LogP contribution >= 0.6 is 0 Å². The van der Waals surface area contributed by atoms with Gasteiger partial charge in [0.25, 0.3) is 0 Å². The van der Waals surface area contributed by atoms with Crippen molar-refractivity contribution in [3.05, 3.63) is 35.4 Å². The van der Waals surface area contributed by atoms with Gasteiger partial charge >= 0.3 is 0 Å². The largest absolute Gasteiger partial charge is 0.294 e. The molecule has 0 saturated carbocycles. The summed E-state index contributed by atoms with van der Waals surface area (Å²) < 4.78 is 15.2. The lowest BCUT2D eigenvalue weighted by Crippen LogP contribution is -2.46. The summed E-state index contributed by atoms with van der Waals surface area (Å²) in [6, 6.07) is 6.59. The Morgan fingerprint density at radius 2 is 1.82 bits per heavy atom. The van der Waals surface area contributed by atoms with Crippen LogP contribution in [-0.4, -0.2) is 27.6 Å². The monoisotopic (exact) mass is 252 g/mol. The molecule has 0 aliphatic heterocycles. The molecular formula is C12H12O4S. The van der Waals surface area contributed by atoms with Gasteiger partial charge in [-0.05, 0) is 6.92 Å². The van der Waals surface area contributed by atoms with Crippen LogP contribution in [0.2, 0.25) is 0 Å². The van der Waals surface area contributed by atoms with E-state index >= 15 is 0 Å². The highest BCUT2D eigenvalue weighted by molar-refractivity contribution is 7.82. The molecule has 2 atom stereocenters. The number of carbonyl (C=O) groups is 2. The number of benzene rings is 1. The lowest BCUT2D eigenvalue weighted by Gasteiger charge is -2.29. The second-order valence-corrected chi connectivity index (χ2v) is 5.81. The van der Waals surface area contributed by atoms with Crippen molar-refractivity contribution in [2.75, 3.05) is 7.11 Å². The van der Waals surface area contributed by atoms with Crippen LogP contribution < -0.4 is 0 Å². The fraction of sp³-hybridized carbons (Fsp3) is 0.333. The van der Waals surface area contributed by atoms with Gasteiger partial charge in [-0.2, -0.15) is 0 Å². The molecule has 17 heavy (non-hydrogen) atoms. The molecule has 90 valence electrons. The summed E-state index contributed by atoms with van der Waals surface area (Å²) in [5.41, 5.74) is 0.736. The quantitative estimate of drug-likeness (QED) is 0.800. The van der Waals surface area contributed by atoms with E-state index in [1.807, 2.05) is 0 Å². The Morgan fingerprint density at radius 1 is 1.24 bits per heavy atom. The molecule has 2 unspecified atom stereocenters. The van der Waals surface area contributed by atoms with Gasteiger partial charge in [-0.25, -0.2) is 4.21 Å². The Hall–Kier alpha value is -1.33. The van der Waals surface area contributed by atoms with E-state index in [2.05, 4.69) is 0 Å². The number of hydrogen-bond donors (Lipinski definition) is 0. The molecule has 0 fully saturated rings. The minimum Gasteiger partial charge on any atom is -0.294 e. The number of fused-ring (bicyclic) bond motifs is 1. The number of ketones is 2. The Labute approximate surface area is 102 Å². The molecule has 4 nitrogen and oxygen atoms in total. The van der Waals surface area contributed by atoms with E-state index in [1.54, 1.807) is 24.3 Å². The first-order valence-corrected chi connectivity index (χ1v) is 6.21. The minimum absolute atomic E-state index is 0.0801. The van der Waals surface area contributed by atoms with Crippen molar-refractivity contribution in [2.45, 2.75) is 18.1 Å². The molecule has 0 saturated heterocycles. The van der Waals surface area contributed by atoms with Gasteiger partial charge in [-0.3, -0.25) is 13.8 Å². The standard InChI is InChI=1S/C12H12O4S/c1-12(17(15)16-2)7-10(13)8-5-3-4-6-9(8)11(12)14/h3-6H,7H2,1-2H3. The minimum atomic E-state index is -1.81. The van der Waals surface area contributed by atoms with Gasteiger partial charge in [0.1, 0.15) is 4.75 Å². The van der Waals surface area contributed by atoms with Crippen molar-refractivity contribution >= 4 is 22.6 Å². The zero-order valence-electron chi connectivity index (χ0n) is 9.56. The summed E-state index contributed by atoms with van der Waals surface area (Å²) in [5.74, 6) is -0.471. The van der Waals surface area contributed by atoms with E-state index < -0.39 is 15.8 Å². The van der Waals surface area contributed by atoms with Crippen molar-refractivity contribution in [1.82, 2.24) is 0 Å².